The second-order valence-corrected chi connectivity index (χ2v) is 16.5. The molecule has 280 valence electrons. The molecule has 3 N–H and O–H groups in total. The molecule has 1 unspecified atom stereocenters. The Morgan fingerprint density at radius 3 is 2.42 bits per heavy atom. The normalized spacial score (nSPS) is 15.2. The fourth-order valence-corrected chi connectivity index (χ4v) is 7.77. The minimum atomic E-state index is -4.32. The summed E-state index contributed by atoms with van der Waals surface area (Å²) in [6.07, 6.45) is 1.67. The molecule has 2 aromatic carbocycles. The highest BCUT2D eigenvalue weighted by Crippen LogP contribution is 2.44. The van der Waals surface area contributed by atoms with Gasteiger partial charge in [-0.05, 0) is 61.6 Å². The number of aromatic nitrogens is 5. The lowest BCUT2D eigenvalue weighted by Gasteiger charge is -2.37. The molecule has 1 atom stereocenters. The molecule has 0 saturated heterocycles. The first-order valence-corrected chi connectivity index (χ1v) is 18.7. The van der Waals surface area contributed by atoms with Crippen LogP contribution in [0, 0.1) is 19.8 Å². The molecule has 0 spiro atoms. The Morgan fingerprint density at radius 2 is 1.75 bits per heavy atom. The number of fused-ring (bicyclic) bond motifs is 1. The maximum atomic E-state index is 13.9. The number of aryl methyl sites for hydroxylation is 3. The van der Waals surface area contributed by atoms with Crippen molar-refractivity contribution in [2.75, 3.05) is 11.3 Å². The van der Waals surface area contributed by atoms with Crippen molar-refractivity contribution in [3.63, 3.8) is 0 Å². The highest BCUT2D eigenvalue weighted by atomic mass is 32.2. The zero-order chi connectivity index (χ0) is 38.3. The number of benzene rings is 2. The Kier molecular flexibility index (Phi) is 10.3. The molecule has 53 heavy (non-hydrogen) atoms. The van der Waals surface area contributed by atoms with Gasteiger partial charge in [-0.25, -0.2) is 36.7 Å². The van der Waals surface area contributed by atoms with Gasteiger partial charge in [0.1, 0.15) is 12.1 Å². The molecule has 0 aliphatic heterocycles. The van der Waals surface area contributed by atoms with Gasteiger partial charge in [-0.3, -0.25) is 4.98 Å². The molecule has 1 fully saturated rings. The lowest BCUT2D eigenvalue weighted by atomic mass is 9.77. The van der Waals surface area contributed by atoms with E-state index < -0.39 is 28.0 Å². The minimum absolute atomic E-state index is 0.0200. The number of alkyl halides is 2. The monoisotopic (exact) mass is 747 g/mol. The average molecular weight is 748 g/mol. The first kappa shape index (κ1) is 37.7. The van der Waals surface area contributed by atoms with E-state index in [0.717, 1.165) is 39.6 Å². The number of ether oxygens (including phenoxy) is 1. The van der Waals surface area contributed by atoms with Gasteiger partial charge in [0.2, 0.25) is 17.8 Å². The van der Waals surface area contributed by atoms with Crippen molar-refractivity contribution in [2.45, 2.75) is 82.7 Å². The molecule has 0 radical (unpaired) electrons. The van der Waals surface area contributed by atoms with Gasteiger partial charge in [0, 0.05) is 55.2 Å². The summed E-state index contributed by atoms with van der Waals surface area (Å²) in [7, 11) is -2.36. The smallest absolute Gasteiger partial charge is 0.335 e. The van der Waals surface area contributed by atoms with E-state index in [1.165, 1.54) is 18.2 Å². The third-order valence-corrected chi connectivity index (χ3v) is 10.7. The van der Waals surface area contributed by atoms with Crippen LogP contribution in [0.1, 0.15) is 72.9 Å². The van der Waals surface area contributed by atoms with E-state index in [-0.39, 0.29) is 53.1 Å². The van der Waals surface area contributed by atoms with Gasteiger partial charge in [-0.2, -0.15) is 4.98 Å². The summed E-state index contributed by atoms with van der Waals surface area (Å²) in [4.78, 5) is 29.6. The van der Waals surface area contributed by atoms with Crippen LogP contribution in [-0.4, -0.2) is 62.6 Å². The molecule has 12 nitrogen and oxygen atoms in total. The van der Waals surface area contributed by atoms with E-state index in [4.69, 9.17) is 9.72 Å². The van der Waals surface area contributed by atoms with Crippen LogP contribution in [0.4, 0.5) is 14.7 Å². The molecular formula is C38H43F2N7O5S. The second kappa shape index (κ2) is 14.4. The Bertz CT molecular complexity index is 2260. The Morgan fingerprint density at radius 1 is 1.06 bits per heavy atom. The fourth-order valence-electron chi connectivity index (χ4n) is 6.78. The van der Waals surface area contributed by atoms with Gasteiger partial charge >= 0.3 is 5.97 Å². The Balaban J connectivity index is 1.27. The SMILES string of the molecule is Cc1cccc(C)c1-c1cc(OCC(CC2CC(F)(F)C2)NCc2cnc3cc(C(C)(C)C)n(C)c3n2)nc(NS(=O)(=O)c2cccc(C(=O)O)c2)n1. The number of aromatic carboxylic acids is 1. The molecule has 1 aliphatic carbocycles. The van der Waals surface area contributed by atoms with Gasteiger partial charge in [0.05, 0.1) is 28.0 Å². The molecule has 1 saturated carbocycles. The number of nitrogens with one attached hydrogen (secondary N) is 2. The van der Waals surface area contributed by atoms with Crippen molar-refractivity contribution < 1.29 is 31.8 Å². The number of sulfonamides is 1. The number of hydrogen-bond acceptors (Lipinski definition) is 9. The van der Waals surface area contributed by atoms with Crippen LogP contribution in [0.3, 0.4) is 0 Å². The number of halogens is 2. The number of carboxylic acids is 1. The summed E-state index contributed by atoms with van der Waals surface area (Å²) in [5, 5.41) is 12.8. The maximum Gasteiger partial charge on any atom is 0.335 e. The number of carbonyl (C=O) groups is 1. The summed E-state index contributed by atoms with van der Waals surface area (Å²) in [5.74, 6) is -4.42. The highest BCUT2D eigenvalue weighted by molar-refractivity contribution is 7.92. The highest BCUT2D eigenvalue weighted by Gasteiger charge is 2.45. The van der Waals surface area contributed by atoms with Crippen molar-refractivity contribution in [1.29, 1.82) is 0 Å². The van der Waals surface area contributed by atoms with E-state index in [0.29, 0.717) is 24.4 Å². The minimum Gasteiger partial charge on any atom is -0.478 e. The summed E-state index contributed by atoms with van der Waals surface area (Å²) in [6, 6.07) is 13.9. The summed E-state index contributed by atoms with van der Waals surface area (Å²) >= 11 is 0. The second-order valence-electron chi connectivity index (χ2n) is 14.8. The molecular weight excluding hydrogens is 705 g/mol. The molecule has 6 rings (SSSR count). The quantitative estimate of drug-likeness (QED) is 0.117. The van der Waals surface area contributed by atoms with Crippen LogP contribution < -0.4 is 14.8 Å². The summed E-state index contributed by atoms with van der Waals surface area (Å²) < 4.78 is 65.2. The fraction of sp³-hybridized carbons (Fsp3) is 0.395. The van der Waals surface area contributed by atoms with E-state index in [9.17, 15) is 27.1 Å². The lowest BCUT2D eigenvalue weighted by molar-refractivity contribution is -0.114. The predicted molar refractivity (Wildman–Crippen MR) is 197 cm³/mol. The van der Waals surface area contributed by atoms with E-state index in [1.54, 1.807) is 12.3 Å². The average Bonchev–Trinajstić information content (AvgIpc) is 3.41. The van der Waals surface area contributed by atoms with Gasteiger partial charge < -0.3 is 19.7 Å². The number of anilines is 1. The third kappa shape index (κ3) is 8.62. The first-order valence-electron chi connectivity index (χ1n) is 17.3. The van der Waals surface area contributed by atoms with Crippen LogP contribution >= 0.6 is 0 Å². The van der Waals surface area contributed by atoms with Crippen LogP contribution in [0.25, 0.3) is 22.4 Å². The number of rotatable bonds is 13. The van der Waals surface area contributed by atoms with Crippen molar-refractivity contribution in [1.82, 2.24) is 29.8 Å². The molecule has 5 aromatic rings. The number of hydrogen-bond donors (Lipinski definition) is 3. The van der Waals surface area contributed by atoms with Crippen molar-refractivity contribution in [3.8, 4) is 17.1 Å². The topological polar surface area (TPSA) is 161 Å². The van der Waals surface area contributed by atoms with Crippen molar-refractivity contribution in [3.05, 3.63) is 88.9 Å². The first-order chi connectivity index (χ1) is 24.9. The molecule has 15 heteroatoms. The Hall–Kier alpha value is -5.02. The largest absolute Gasteiger partial charge is 0.478 e. The molecule has 0 amide bonds. The molecule has 1 aliphatic rings. The molecule has 3 heterocycles. The third-order valence-electron chi connectivity index (χ3n) is 9.41. The summed E-state index contributed by atoms with van der Waals surface area (Å²) in [5.41, 5.74) is 5.90. The van der Waals surface area contributed by atoms with Gasteiger partial charge in [0.15, 0.2) is 5.65 Å². The van der Waals surface area contributed by atoms with E-state index >= 15 is 0 Å². The zero-order valence-corrected chi connectivity index (χ0v) is 31.3. The predicted octanol–water partition coefficient (Wildman–Crippen LogP) is 6.81. The van der Waals surface area contributed by atoms with Gasteiger partial charge in [0.25, 0.3) is 10.0 Å². The van der Waals surface area contributed by atoms with E-state index in [1.807, 2.05) is 49.7 Å². The van der Waals surface area contributed by atoms with Crippen LogP contribution in [-0.2, 0) is 29.0 Å². The van der Waals surface area contributed by atoms with E-state index in [2.05, 4.69) is 45.8 Å². The number of nitrogens with zero attached hydrogens (tertiary/aromatic N) is 5. The van der Waals surface area contributed by atoms with Crippen molar-refractivity contribution >= 4 is 33.1 Å². The van der Waals surface area contributed by atoms with Crippen molar-refractivity contribution in [2.24, 2.45) is 13.0 Å². The maximum absolute atomic E-state index is 13.9. The van der Waals surface area contributed by atoms with Crippen LogP contribution in [0.2, 0.25) is 0 Å². The molecule has 0 bridgehead atoms. The van der Waals surface area contributed by atoms with Crippen LogP contribution in [0.5, 0.6) is 5.88 Å². The van der Waals surface area contributed by atoms with Crippen LogP contribution in [0.15, 0.2) is 65.7 Å². The number of carboxylic acid groups (broad SMARTS) is 1. The standard InChI is InChI=1S/C38H43F2N7O5S/c1-22-9-7-10-23(2)33(22)29-16-32(45-36(44-29)46-53(50,51)28-12-8-11-25(14-28)35(48)49)52-21-26(13-24-17-38(39,40)18-24)41-19-27-20-42-30-15-31(37(3,4)5)47(6)34(30)43-27/h7-12,14-16,20,24,26,41H,13,17-19,21H2,1-6H3,(H,48,49)(H,44,45,46). The Labute approximate surface area is 307 Å². The van der Waals surface area contributed by atoms with Gasteiger partial charge in [-0.1, -0.05) is 45.0 Å². The molecule has 3 aromatic heterocycles. The lowest BCUT2D eigenvalue weighted by Crippen LogP contribution is -2.42. The van der Waals surface area contributed by atoms with Gasteiger partial charge in [-0.15, -0.1) is 0 Å². The summed E-state index contributed by atoms with van der Waals surface area (Å²) in [6.45, 7) is 10.5. The zero-order valence-electron chi connectivity index (χ0n) is 30.4.